The number of carbonyl (C=O) groups is 1. The Kier molecular flexibility index (Phi) is 6.73. The van der Waals surface area contributed by atoms with Gasteiger partial charge in [-0.15, -0.1) is 0 Å². The number of piperazine rings is 1. The Hall–Kier alpha value is -1.91. The molecule has 0 unspecified atom stereocenters. The monoisotopic (exact) mass is 470 g/mol. The maximum absolute atomic E-state index is 12.6. The van der Waals surface area contributed by atoms with Crippen LogP contribution in [0.1, 0.15) is 10.5 Å². The zero-order valence-electron chi connectivity index (χ0n) is 15.6. The number of benzene rings is 1. The minimum Gasteiger partial charge on any atom is -0.471 e. The van der Waals surface area contributed by atoms with Crippen molar-refractivity contribution in [2.24, 2.45) is 0 Å². The van der Waals surface area contributed by atoms with E-state index in [1.807, 2.05) is 24.3 Å². The minimum absolute atomic E-state index is 0.120. The molecule has 2 aromatic rings. The molecule has 0 radical (unpaired) electrons. The molecule has 28 heavy (non-hydrogen) atoms. The number of halogens is 1. The molecule has 1 amide bonds. The summed E-state index contributed by atoms with van der Waals surface area (Å²) in [6, 6.07) is 9.17. The van der Waals surface area contributed by atoms with E-state index in [0.717, 1.165) is 10.2 Å². The second-order valence-corrected chi connectivity index (χ2v) is 9.91. The van der Waals surface area contributed by atoms with Gasteiger partial charge in [-0.05, 0) is 30.3 Å². The number of hydrogen-bond donors (Lipinski definition) is 0. The van der Waals surface area contributed by atoms with E-state index in [0.29, 0.717) is 38.4 Å². The first-order valence-electron chi connectivity index (χ1n) is 8.91. The molecule has 1 aliphatic rings. The van der Waals surface area contributed by atoms with Crippen LogP contribution in [-0.4, -0.2) is 78.6 Å². The van der Waals surface area contributed by atoms with Gasteiger partial charge in [0.05, 0.1) is 5.75 Å². The predicted molar refractivity (Wildman–Crippen MR) is 109 cm³/mol. The minimum atomic E-state index is -2.97. The number of carbonyl (C=O) groups excluding carboxylic acids is 1. The fraction of sp³-hybridized carbons (Fsp3) is 0.444. The molecule has 1 fully saturated rings. The number of amides is 1. The average Bonchev–Trinajstić information content (AvgIpc) is 3.14. The highest BCUT2D eigenvalue weighted by Crippen LogP contribution is 2.16. The van der Waals surface area contributed by atoms with Crippen molar-refractivity contribution in [1.82, 2.24) is 19.6 Å². The lowest BCUT2D eigenvalue weighted by Crippen LogP contribution is -2.49. The molecule has 0 atom stereocenters. The molecule has 8 nitrogen and oxygen atoms in total. The van der Waals surface area contributed by atoms with Crippen molar-refractivity contribution >= 4 is 31.7 Å². The van der Waals surface area contributed by atoms with E-state index in [-0.39, 0.29) is 18.4 Å². The second kappa shape index (κ2) is 9.06. The molecule has 3 rings (SSSR count). The van der Waals surface area contributed by atoms with Crippen molar-refractivity contribution in [3.63, 3.8) is 0 Å². The molecule has 0 bridgehead atoms. The summed E-state index contributed by atoms with van der Waals surface area (Å²) in [5.41, 5.74) is 0.379. The largest absolute Gasteiger partial charge is 0.471 e. The van der Waals surface area contributed by atoms with Gasteiger partial charge in [0.15, 0.2) is 12.4 Å². The average molecular weight is 471 g/mol. The number of rotatable bonds is 7. The van der Waals surface area contributed by atoms with Crippen LogP contribution >= 0.6 is 15.9 Å². The lowest BCUT2D eigenvalue weighted by molar-refractivity contribution is 0.0636. The van der Waals surface area contributed by atoms with Crippen molar-refractivity contribution in [2.75, 3.05) is 44.7 Å². The fourth-order valence-corrected chi connectivity index (χ4v) is 3.70. The molecule has 1 aliphatic heterocycles. The number of sulfone groups is 1. The fourth-order valence-electron chi connectivity index (χ4n) is 2.85. The van der Waals surface area contributed by atoms with Crippen molar-refractivity contribution in [3.05, 3.63) is 46.7 Å². The lowest BCUT2D eigenvalue weighted by atomic mass is 10.3. The Morgan fingerprint density at radius 2 is 1.82 bits per heavy atom. The third kappa shape index (κ3) is 6.05. The standard InChI is InChI=1S/C18H23BrN4O4S/c1-28(25,26)13-12-21-8-10-22(11-9-21)18(24)17-6-7-23(20-17)14-27-16-4-2-15(19)3-5-16/h2-7H,8-14H2,1H3. The van der Waals surface area contributed by atoms with Crippen LogP contribution in [0.5, 0.6) is 5.75 Å². The van der Waals surface area contributed by atoms with Gasteiger partial charge in [0.1, 0.15) is 15.6 Å². The number of aromatic nitrogens is 2. The third-order valence-electron chi connectivity index (χ3n) is 4.47. The van der Waals surface area contributed by atoms with E-state index in [2.05, 4.69) is 25.9 Å². The summed E-state index contributed by atoms with van der Waals surface area (Å²) in [5.74, 6) is 0.742. The molecule has 0 N–H and O–H groups in total. The quantitative estimate of drug-likeness (QED) is 0.609. The first kappa shape index (κ1) is 20.8. The molecule has 0 aliphatic carbocycles. The number of ether oxygens (including phenoxy) is 1. The maximum Gasteiger partial charge on any atom is 0.274 e. The third-order valence-corrected chi connectivity index (χ3v) is 5.93. The highest BCUT2D eigenvalue weighted by Gasteiger charge is 2.24. The van der Waals surface area contributed by atoms with E-state index in [4.69, 9.17) is 4.74 Å². The van der Waals surface area contributed by atoms with Gasteiger partial charge in [-0.3, -0.25) is 9.69 Å². The molecule has 10 heteroatoms. The van der Waals surface area contributed by atoms with Crippen LogP contribution in [0.3, 0.4) is 0 Å². The van der Waals surface area contributed by atoms with Crippen LogP contribution in [0, 0.1) is 0 Å². The highest BCUT2D eigenvalue weighted by molar-refractivity contribution is 9.10. The van der Waals surface area contributed by atoms with Gasteiger partial charge in [-0.2, -0.15) is 5.10 Å². The summed E-state index contributed by atoms with van der Waals surface area (Å²) in [5, 5.41) is 4.30. The highest BCUT2D eigenvalue weighted by atomic mass is 79.9. The first-order chi connectivity index (χ1) is 13.3. The molecule has 0 spiro atoms. The second-order valence-electron chi connectivity index (χ2n) is 6.73. The van der Waals surface area contributed by atoms with Crippen molar-refractivity contribution in [2.45, 2.75) is 6.73 Å². The Morgan fingerprint density at radius 3 is 2.46 bits per heavy atom. The van der Waals surface area contributed by atoms with Crippen LogP contribution in [0.25, 0.3) is 0 Å². The van der Waals surface area contributed by atoms with Gasteiger partial charge in [-0.1, -0.05) is 15.9 Å². The number of nitrogens with zero attached hydrogens (tertiary/aromatic N) is 4. The SMILES string of the molecule is CS(=O)(=O)CCN1CCN(C(=O)c2ccn(COc3ccc(Br)cc3)n2)CC1. The summed E-state index contributed by atoms with van der Waals surface area (Å²) in [4.78, 5) is 16.5. The van der Waals surface area contributed by atoms with Crippen LogP contribution < -0.4 is 4.74 Å². The van der Waals surface area contributed by atoms with Crippen LogP contribution in [0.2, 0.25) is 0 Å². The molecule has 2 heterocycles. The summed E-state index contributed by atoms with van der Waals surface area (Å²) in [7, 11) is -2.97. The Labute approximate surface area is 173 Å². The summed E-state index contributed by atoms with van der Waals surface area (Å²) in [6.45, 7) is 3.16. The Bertz CT molecular complexity index is 906. The molecular formula is C18H23BrN4O4S. The first-order valence-corrected chi connectivity index (χ1v) is 11.8. The van der Waals surface area contributed by atoms with Gasteiger partial charge < -0.3 is 9.64 Å². The lowest BCUT2D eigenvalue weighted by Gasteiger charge is -2.34. The van der Waals surface area contributed by atoms with E-state index in [1.54, 1.807) is 21.8 Å². The van der Waals surface area contributed by atoms with Crippen molar-refractivity contribution in [1.29, 1.82) is 0 Å². The maximum atomic E-state index is 12.6. The van der Waals surface area contributed by atoms with Gasteiger partial charge in [0, 0.05) is 49.6 Å². The van der Waals surface area contributed by atoms with Crippen molar-refractivity contribution < 1.29 is 17.9 Å². The molecule has 1 aromatic heterocycles. The Balaban J connectivity index is 1.48. The molecule has 1 saturated heterocycles. The topological polar surface area (TPSA) is 84.7 Å². The van der Waals surface area contributed by atoms with Crippen LogP contribution in [0.15, 0.2) is 41.0 Å². The summed E-state index contributed by atoms with van der Waals surface area (Å²) < 4.78 is 30.8. The number of hydrogen-bond acceptors (Lipinski definition) is 6. The smallest absolute Gasteiger partial charge is 0.274 e. The predicted octanol–water partition coefficient (Wildman–Crippen LogP) is 1.48. The summed E-state index contributed by atoms with van der Waals surface area (Å²) in [6.07, 6.45) is 2.96. The van der Waals surface area contributed by atoms with Crippen LogP contribution in [-0.2, 0) is 16.6 Å². The normalized spacial score (nSPS) is 15.6. The molecule has 152 valence electrons. The summed E-state index contributed by atoms with van der Waals surface area (Å²) >= 11 is 3.37. The van der Waals surface area contributed by atoms with E-state index in [9.17, 15) is 13.2 Å². The van der Waals surface area contributed by atoms with Gasteiger partial charge in [-0.25, -0.2) is 13.1 Å². The van der Waals surface area contributed by atoms with E-state index >= 15 is 0 Å². The Morgan fingerprint density at radius 1 is 1.14 bits per heavy atom. The van der Waals surface area contributed by atoms with Gasteiger partial charge >= 0.3 is 0 Å². The molecular weight excluding hydrogens is 448 g/mol. The van der Waals surface area contributed by atoms with Gasteiger partial charge in [0.25, 0.3) is 5.91 Å². The van der Waals surface area contributed by atoms with Crippen molar-refractivity contribution in [3.8, 4) is 5.75 Å². The van der Waals surface area contributed by atoms with Gasteiger partial charge in [0.2, 0.25) is 0 Å². The van der Waals surface area contributed by atoms with Crippen LogP contribution in [0.4, 0.5) is 0 Å². The van der Waals surface area contributed by atoms with E-state index < -0.39 is 9.84 Å². The molecule has 0 saturated carbocycles. The molecule has 1 aromatic carbocycles. The zero-order valence-corrected chi connectivity index (χ0v) is 18.0. The van der Waals surface area contributed by atoms with E-state index in [1.165, 1.54) is 6.26 Å². The zero-order chi connectivity index (χ0) is 20.1.